The maximum Gasteiger partial charge on any atom is 0.338 e. The van der Waals surface area contributed by atoms with Gasteiger partial charge in [-0.3, -0.25) is 14.5 Å². The molecule has 1 fully saturated rings. The molecule has 0 aromatic heterocycles. The molecular formula is C30H30FN3O6S. The average Bonchev–Trinajstić information content (AvgIpc) is 2.98. The lowest BCUT2D eigenvalue weighted by atomic mass is 10.1. The van der Waals surface area contributed by atoms with Crippen LogP contribution in [0.1, 0.15) is 29.3 Å². The number of halogens is 1. The lowest BCUT2D eigenvalue weighted by molar-refractivity contribution is -0.129. The number of aliphatic imine (C=N–C) groups is 1. The van der Waals surface area contributed by atoms with E-state index in [1.54, 1.807) is 63.6 Å². The van der Waals surface area contributed by atoms with Crippen molar-refractivity contribution in [2.75, 3.05) is 32.7 Å². The monoisotopic (exact) mass is 579 g/mol. The normalized spacial score (nSPS) is 15.9. The standard InChI is InChI=1S/C30H30FN3O6S/c1-4-40-29(37)20-10-12-21(13-11-20)32-28(36)26-18-27(35)34(30(41-26)33-23-8-6-5-7-22(23)31)16-15-19-9-14-24(38-2)25(17-19)39-3/h5-14,17,26H,4,15-16,18H2,1-3H3,(H,32,36)/t26-/m1/s1. The molecule has 214 valence electrons. The van der Waals surface area contributed by atoms with Gasteiger partial charge in [0.25, 0.3) is 0 Å². The first kappa shape index (κ1) is 29.6. The van der Waals surface area contributed by atoms with Gasteiger partial charge in [-0.05, 0) is 67.4 Å². The largest absolute Gasteiger partial charge is 0.493 e. The van der Waals surface area contributed by atoms with Crippen molar-refractivity contribution in [2.45, 2.75) is 25.0 Å². The molecule has 1 aliphatic rings. The van der Waals surface area contributed by atoms with E-state index in [1.807, 2.05) is 12.1 Å². The van der Waals surface area contributed by atoms with Gasteiger partial charge in [-0.25, -0.2) is 14.2 Å². The van der Waals surface area contributed by atoms with Crippen LogP contribution in [0.3, 0.4) is 0 Å². The first-order valence-corrected chi connectivity index (χ1v) is 13.8. The Bertz CT molecular complexity index is 1450. The number of rotatable bonds is 10. The predicted molar refractivity (Wildman–Crippen MR) is 155 cm³/mol. The number of amidine groups is 1. The lowest BCUT2D eigenvalue weighted by Gasteiger charge is -2.32. The van der Waals surface area contributed by atoms with Crippen molar-refractivity contribution in [1.29, 1.82) is 0 Å². The fraction of sp³-hybridized carbons (Fsp3) is 0.267. The smallest absolute Gasteiger partial charge is 0.338 e. The fourth-order valence-corrected chi connectivity index (χ4v) is 5.23. The summed E-state index contributed by atoms with van der Waals surface area (Å²) >= 11 is 1.10. The number of benzene rings is 3. The van der Waals surface area contributed by atoms with E-state index in [0.717, 1.165) is 17.3 Å². The van der Waals surface area contributed by atoms with Crippen LogP contribution in [0.5, 0.6) is 11.5 Å². The molecule has 0 aliphatic carbocycles. The molecule has 0 spiro atoms. The van der Waals surface area contributed by atoms with Crippen LogP contribution in [-0.4, -0.2) is 60.5 Å². The first-order valence-electron chi connectivity index (χ1n) is 12.9. The molecule has 1 saturated heterocycles. The zero-order chi connectivity index (χ0) is 29.4. The van der Waals surface area contributed by atoms with Crippen LogP contribution in [0, 0.1) is 5.82 Å². The Morgan fingerprint density at radius 2 is 1.78 bits per heavy atom. The second kappa shape index (κ2) is 13.8. The second-order valence-electron chi connectivity index (χ2n) is 8.93. The third-order valence-corrected chi connectivity index (χ3v) is 7.42. The van der Waals surface area contributed by atoms with Gasteiger partial charge in [0.1, 0.15) is 16.8 Å². The van der Waals surface area contributed by atoms with Crippen LogP contribution in [0.4, 0.5) is 15.8 Å². The third kappa shape index (κ3) is 7.43. The molecular weight excluding hydrogens is 549 g/mol. The highest BCUT2D eigenvalue weighted by Gasteiger charge is 2.36. The molecule has 1 N–H and O–H groups in total. The van der Waals surface area contributed by atoms with E-state index in [9.17, 15) is 18.8 Å². The number of methoxy groups -OCH3 is 2. The Kier molecular flexibility index (Phi) is 9.96. The summed E-state index contributed by atoms with van der Waals surface area (Å²) in [5, 5.41) is 2.22. The number of carbonyl (C=O) groups is 3. The van der Waals surface area contributed by atoms with Crippen LogP contribution < -0.4 is 14.8 Å². The number of nitrogens with one attached hydrogen (secondary N) is 1. The summed E-state index contributed by atoms with van der Waals surface area (Å²) < 4.78 is 30.2. The van der Waals surface area contributed by atoms with Crippen LogP contribution in [0.25, 0.3) is 0 Å². The summed E-state index contributed by atoms with van der Waals surface area (Å²) in [5.74, 6) is -0.559. The fourth-order valence-electron chi connectivity index (χ4n) is 4.11. The Labute approximate surface area is 241 Å². The van der Waals surface area contributed by atoms with Gasteiger partial charge in [0.05, 0.1) is 26.4 Å². The maximum absolute atomic E-state index is 14.5. The van der Waals surface area contributed by atoms with E-state index >= 15 is 0 Å². The minimum Gasteiger partial charge on any atom is -0.493 e. The molecule has 0 unspecified atom stereocenters. The number of anilines is 1. The minimum atomic E-state index is -0.796. The summed E-state index contributed by atoms with van der Waals surface area (Å²) in [4.78, 5) is 44.3. The van der Waals surface area contributed by atoms with Crippen LogP contribution >= 0.6 is 11.8 Å². The zero-order valence-corrected chi connectivity index (χ0v) is 23.7. The van der Waals surface area contributed by atoms with Crippen molar-refractivity contribution >= 4 is 46.1 Å². The minimum absolute atomic E-state index is 0.0644. The predicted octanol–water partition coefficient (Wildman–Crippen LogP) is 5.22. The Hall–Kier alpha value is -4.38. The lowest BCUT2D eigenvalue weighted by Crippen LogP contribution is -2.46. The summed E-state index contributed by atoms with van der Waals surface area (Å²) in [5.41, 5.74) is 1.78. The topological polar surface area (TPSA) is 107 Å². The van der Waals surface area contributed by atoms with E-state index in [0.29, 0.717) is 29.2 Å². The summed E-state index contributed by atoms with van der Waals surface area (Å²) in [6, 6.07) is 17.8. The van der Waals surface area contributed by atoms with Crippen molar-refractivity contribution in [2.24, 2.45) is 4.99 Å². The molecule has 41 heavy (non-hydrogen) atoms. The van der Waals surface area contributed by atoms with Crippen molar-refractivity contribution in [1.82, 2.24) is 4.90 Å². The molecule has 3 aromatic carbocycles. The van der Waals surface area contributed by atoms with Gasteiger partial charge in [-0.15, -0.1) is 0 Å². The quantitative estimate of drug-likeness (QED) is 0.328. The Balaban J connectivity index is 1.52. The number of hydrogen-bond donors (Lipinski definition) is 1. The summed E-state index contributed by atoms with van der Waals surface area (Å²) in [6.45, 7) is 2.24. The van der Waals surface area contributed by atoms with E-state index in [1.165, 1.54) is 17.0 Å². The molecule has 0 radical (unpaired) electrons. The van der Waals surface area contributed by atoms with E-state index in [4.69, 9.17) is 14.2 Å². The molecule has 0 saturated carbocycles. The number of para-hydroxylation sites is 1. The van der Waals surface area contributed by atoms with Gasteiger partial charge in [0, 0.05) is 18.7 Å². The number of hydrogen-bond acceptors (Lipinski definition) is 8. The molecule has 4 rings (SSSR count). The molecule has 9 nitrogen and oxygen atoms in total. The van der Waals surface area contributed by atoms with Gasteiger partial charge in [0.2, 0.25) is 11.8 Å². The molecule has 0 bridgehead atoms. The Morgan fingerprint density at radius 1 is 1.05 bits per heavy atom. The van der Waals surface area contributed by atoms with Crippen molar-refractivity contribution < 1.29 is 33.0 Å². The number of ether oxygens (including phenoxy) is 3. The number of thioether (sulfide) groups is 1. The highest BCUT2D eigenvalue weighted by atomic mass is 32.2. The van der Waals surface area contributed by atoms with Crippen LogP contribution in [0.15, 0.2) is 71.7 Å². The van der Waals surface area contributed by atoms with Crippen molar-refractivity contribution in [3.05, 3.63) is 83.7 Å². The van der Waals surface area contributed by atoms with Crippen molar-refractivity contribution in [3.63, 3.8) is 0 Å². The molecule has 1 heterocycles. The number of carbonyl (C=O) groups excluding carboxylic acids is 3. The molecule has 2 amide bonds. The molecule has 3 aromatic rings. The van der Waals surface area contributed by atoms with Gasteiger partial charge < -0.3 is 19.5 Å². The van der Waals surface area contributed by atoms with Gasteiger partial charge >= 0.3 is 5.97 Å². The third-order valence-electron chi connectivity index (χ3n) is 6.24. The van der Waals surface area contributed by atoms with Gasteiger partial charge in [-0.2, -0.15) is 0 Å². The summed E-state index contributed by atoms with van der Waals surface area (Å²) in [6.07, 6.45) is 0.395. The number of nitrogens with zero attached hydrogens (tertiary/aromatic N) is 2. The summed E-state index contributed by atoms with van der Waals surface area (Å²) in [7, 11) is 3.10. The van der Waals surface area contributed by atoms with Gasteiger partial charge in [-0.1, -0.05) is 30.0 Å². The number of esters is 1. The van der Waals surface area contributed by atoms with E-state index < -0.39 is 22.9 Å². The SMILES string of the molecule is CCOC(=O)c1ccc(NC(=O)[C@H]2CC(=O)N(CCc3ccc(OC)c(OC)c3)C(=Nc3ccccc3F)S2)cc1. The van der Waals surface area contributed by atoms with Crippen molar-refractivity contribution in [3.8, 4) is 11.5 Å². The van der Waals surface area contributed by atoms with Crippen LogP contribution in [0.2, 0.25) is 0 Å². The van der Waals surface area contributed by atoms with Gasteiger partial charge in [0.15, 0.2) is 16.7 Å². The second-order valence-corrected chi connectivity index (χ2v) is 10.1. The highest BCUT2D eigenvalue weighted by Crippen LogP contribution is 2.32. The van der Waals surface area contributed by atoms with Crippen LogP contribution in [-0.2, 0) is 20.7 Å². The van der Waals surface area contributed by atoms with E-state index in [2.05, 4.69) is 10.3 Å². The molecule has 1 atom stereocenters. The Morgan fingerprint density at radius 3 is 2.46 bits per heavy atom. The molecule has 1 aliphatic heterocycles. The maximum atomic E-state index is 14.5. The highest BCUT2D eigenvalue weighted by molar-refractivity contribution is 8.15. The van der Waals surface area contributed by atoms with E-state index in [-0.39, 0.29) is 36.3 Å². The zero-order valence-electron chi connectivity index (χ0n) is 22.9. The first-order chi connectivity index (χ1) is 19.8. The number of amides is 2. The average molecular weight is 580 g/mol. The molecule has 11 heteroatoms.